The number of anilines is 3. The van der Waals surface area contributed by atoms with Crippen molar-refractivity contribution in [2.75, 3.05) is 35.1 Å². The smallest absolute Gasteiger partial charge is 0.310 e. The minimum atomic E-state index is -3.80. The third-order valence-corrected chi connectivity index (χ3v) is 7.15. The number of carbonyl (C=O) groups is 1. The van der Waals surface area contributed by atoms with Gasteiger partial charge in [0, 0.05) is 13.1 Å². The van der Waals surface area contributed by atoms with Crippen molar-refractivity contribution in [3.05, 3.63) is 48.0 Å². The Labute approximate surface area is 184 Å². The first-order valence-corrected chi connectivity index (χ1v) is 12.1. The highest BCUT2D eigenvalue weighted by Gasteiger charge is 2.28. The van der Waals surface area contributed by atoms with Gasteiger partial charge in [0.05, 0.1) is 34.5 Å². The van der Waals surface area contributed by atoms with E-state index >= 15 is 0 Å². The fraction of sp³-hybridized carbons (Fsp3) is 0.435. The molecule has 168 valence electrons. The summed E-state index contributed by atoms with van der Waals surface area (Å²) < 4.78 is 33.4. The zero-order chi connectivity index (χ0) is 22.6. The topological polar surface area (TPSA) is 102 Å². The number of nitrogen functional groups attached to an aromatic ring is 1. The summed E-state index contributed by atoms with van der Waals surface area (Å²) >= 11 is 0. The summed E-state index contributed by atoms with van der Waals surface area (Å²) in [4.78, 5) is 11.8. The van der Waals surface area contributed by atoms with E-state index in [1.54, 1.807) is 12.1 Å². The van der Waals surface area contributed by atoms with E-state index in [0.717, 1.165) is 12.0 Å². The minimum Gasteiger partial charge on any atom is -0.465 e. The maximum Gasteiger partial charge on any atom is 0.310 e. The standard InChI is InChI=1S/C23H31N3O4S/c1-4-17-5-7-19(8-6-17)26(15-16(2)3)31(28,29)20-9-10-22(21(24)13-20)25-14-18-11-12-30-23(18)27/h5-10,13,16,18,25H,4,11-12,14-15,24H2,1-3H3. The molecule has 0 aromatic heterocycles. The van der Waals surface area contributed by atoms with Crippen LogP contribution in [0.3, 0.4) is 0 Å². The fourth-order valence-corrected chi connectivity index (χ4v) is 5.18. The van der Waals surface area contributed by atoms with Crippen molar-refractivity contribution >= 4 is 33.1 Å². The van der Waals surface area contributed by atoms with Crippen LogP contribution in [0, 0.1) is 11.8 Å². The van der Waals surface area contributed by atoms with Gasteiger partial charge < -0.3 is 15.8 Å². The number of nitrogens with one attached hydrogen (secondary N) is 1. The average Bonchev–Trinajstić information content (AvgIpc) is 3.15. The second-order valence-electron chi connectivity index (χ2n) is 8.23. The van der Waals surface area contributed by atoms with E-state index in [9.17, 15) is 13.2 Å². The zero-order valence-corrected chi connectivity index (χ0v) is 19.1. The van der Waals surface area contributed by atoms with Gasteiger partial charge in [-0.1, -0.05) is 32.9 Å². The Morgan fingerprint density at radius 2 is 1.90 bits per heavy atom. The monoisotopic (exact) mass is 445 g/mol. The summed E-state index contributed by atoms with van der Waals surface area (Å²) in [5.74, 6) is -0.288. The van der Waals surface area contributed by atoms with Crippen molar-refractivity contribution < 1.29 is 17.9 Å². The Bertz CT molecular complexity index is 1020. The van der Waals surface area contributed by atoms with E-state index in [0.29, 0.717) is 43.2 Å². The van der Waals surface area contributed by atoms with E-state index in [1.807, 2.05) is 38.1 Å². The van der Waals surface area contributed by atoms with Crippen molar-refractivity contribution in [2.45, 2.75) is 38.5 Å². The number of cyclic esters (lactones) is 1. The normalized spacial score (nSPS) is 16.4. The number of nitrogens with zero attached hydrogens (tertiary/aromatic N) is 1. The SMILES string of the molecule is CCc1ccc(N(CC(C)C)S(=O)(=O)c2ccc(NCC3CCOC3=O)c(N)c2)cc1. The molecule has 0 aliphatic carbocycles. The molecule has 31 heavy (non-hydrogen) atoms. The van der Waals surface area contributed by atoms with Gasteiger partial charge in [-0.2, -0.15) is 0 Å². The van der Waals surface area contributed by atoms with Crippen LogP contribution >= 0.6 is 0 Å². The molecule has 1 atom stereocenters. The van der Waals surface area contributed by atoms with Crippen LogP contribution in [0.4, 0.5) is 17.1 Å². The number of carbonyl (C=O) groups excluding carboxylic acids is 1. The molecule has 8 heteroatoms. The lowest BCUT2D eigenvalue weighted by molar-refractivity contribution is -0.140. The Kier molecular flexibility index (Phi) is 7.10. The molecule has 3 rings (SSSR count). The highest BCUT2D eigenvalue weighted by molar-refractivity contribution is 7.92. The summed E-state index contributed by atoms with van der Waals surface area (Å²) in [5, 5.41) is 3.14. The summed E-state index contributed by atoms with van der Waals surface area (Å²) in [5.41, 5.74) is 8.85. The maximum absolute atomic E-state index is 13.5. The molecule has 2 aromatic rings. The van der Waals surface area contributed by atoms with Crippen molar-refractivity contribution in [3.63, 3.8) is 0 Å². The number of hydrogen-bond donors (Lipinski definition) is 2. The molecule has 0 bridgehead atoms. The van der Waals surface area contributed by atoms with E-state index < -0.39 is 10.0 Å². The molecule has 1 fully saturated rings. The molecule has 1 aliphatic rings. The molecule has 1 unspecified atom stereocenters. The number of sulfonamides is 1. The van der Waals surface area contributed by atoms with E-state index in [1.165, 1.54) is 10.4 Å². The maximum atomic E-state index is 13.5. The molecule has 1 aliphatic heterocycles. The largest absolute Gasteiger partial charge is 0.465 e. The number of aryl methyl sites for hydroxylation is 1. The molecule has 1 saturated heterocycles. The fourth-order valence-electron chi connectivity index (χ4n) is 3.52. The van der Waals surface area contributed by atoms with Crippen LogP contribution in [-0.4, -0.2) is 34.1 Å². The number of ether oxygens (including phenoxy) is 1. The quantitative estimate of drug-likeness (QED) is 0.451. The van der Waals surface area contributed by atoms with Crippen LogP contribution in [0.15, 0.2) is 47.4 Å². The van der Waals surface area contributed by atoms with Gasteiger partial charge in [-0.15, -0.1) is 0 Å². The van der Waals surface area contributed by atoms with E-state index in [-0.39, 0.29) is 22.7 Å². The number of hydrogen-bond acceptors (Lipinski definition) is 6. The molecule has 3 N–H and O–H groups in total. The minimum absolute atomic E-state index is 0.135. The van der Waals surface area contributed by atoms with Crippen LogP contribution in [0.2, 0.25) is 0 Å². The van der Waals surface area contributed by atoms with E-state index in [2.05, 4.69) is 12.2 Å². The van der Waals surface area contributed by atoms with Crippen molar-refractivity contribution in [1.29, 1.82) is 0 Å². The molecule has 0 amide bonds. The third-order valence-electron chi connectivity index (χ3n) is 5.36. The number of esters is 1. The van der Waals surface area contributed by atoms with Crippen molar-refractivity contribution in [1.82, 2.24) is 0 Å². The highest BCUT2D eigenvalue weighted by atomic mass is 32.2. The molecule has 2 aromatic carbocycles. The number of rotatable bonds is 9. The van der Waals surface area contributed by atoms with Crippen LogP contribution < -0.4 is 15.4 Å². The first-order chi connectivity index (χ1) is 14.7. The Balaban J connectivity index is 1.84. The first kappa shape index (κ1) is 22.9. The molecule has 0 spiro atoms. The van der Waals surface area contributed by atoms with Gasteiger partial charge in [0.2, 0.25) is 0 Å². The van der Waals surface area contributed by atoms with Crippen LogP contribution in [0.25, 0.3) is 0 Å². The van der Waals surface area contributed by atoms with Crippen LogP contribution in [0.5, 0.6) is 0 Å². The Morgan fingerprint density at radius 3 is 2.45 bits per heavy atom. The third kappa shape index (κ3) is 5.31. The Hall–Kier alpha value is -2.74. The summed E-state index contributed by atoms with van der Waals surface area (Å²) in [6.45, 7) is 7.22. The number of nitrogens with two attached hydrogens (primary N) is 1. The van der Waals surface area contributed by atoms with Crippen molar-refractivity contribution in [2.24, 2.45) is 11.8 Å². The van der Waals surface area contributed by atoms with Gasteiger partial charge in [-0.05, 0) is 54.7 Å². The molecule has 0 saturated carbocycles. The molecule has 1 heterocycles. The highest BCUT2D eigenvalue weighted by Crippen LogP contribution is 2.29. The molecule has 0 radical (unpaired) electrons. The molecule has 7 nitrogen and oxygen atoms in total. The predicted molar refractivity (Wildman–Crippen MR) is 124 cm³/mol. The second kappa shape index (κ2) is 9.60. The number of benzene rings is 2. The lowest BCUT2D eigenvalue weighted by Crippen LogP contribution is -2.34. The molecular formula is C23H31N3O4S. The molecular weight excluding hydrogens is 414 g/mol. The summed E-state index contributed by atoms with van der Waals surface area (Å²) in [6, 6.07) is 12.3. The lowest BCUT2D eigenvalue weighted by Gasteiger charge is -2.27. The van der Waals surface area contributed by atoms with Crippen LogP contribution in [-0.2, 0) is 26.0 Å². The van der Waals surface area contributed by atoms with Gasteiger partial charge in [-0.3, -0.25) is 9.10 Å². The zero-order valence-electron chi connectivity index (χ0n) is 18.3. The van der Waals surface area contributed by atoms with Crippen molar-refractivity contribution in [3.8, 4) is 0 Å². The van der Waals surface area contributed by atoms with Crippen LogP contribution in [0.1, 0.15) is 32.8 Å². The average molecular weight is 446 g/mol. The van der Waals surface area contributed by atoms with Gasteiger partial charge >= 0.3 is 5.97 Å². The van der Waals surface area contributed by atoms with Gasteiger partial charge in [0.1, 0.15) is 0 Å². The first-order valence-electron chi connectivity index (χ1n) is 10.6. The lowest BCUT2D eigenvalue weighted by atomic mass is 10.1. The van der Waals surface area contributed by atoms with Gasteiger partial charge in [0.15, 0.2) is 0 Å². The summed E-state index contributed by atoms with van der Waals surface area (Å²) in [6.07, 6.45) is 1.56. The second-order valence-corrected chi connectivity index (χ2v) is 10.1. The summed E-state index contributed by atoms with van der Waals surface area (Å²) in [7, 11) is -3.80. The van der Waals surface area contributed by atoms with Gasteiger partial charge in [-0.25, -0.2) is 8.42 Å². The van der Waals surface area contributed by atoms with Gasteiger partial charge in [0.25, 0.3) is 10.0 Å². The Morgan fingerprint density at radius 1 is 1.19 bits per heavy atom. The predicted octanol–water partition coefficient (Wildman–Crippen LogP) is 3.66. The van der Waals surface area contributed by atoms with E-state index in [4.69, 9.17) is 10.5 Å².